The number of carbonyl (C=O) groups is 1. The van der Waals surface area contributed by atoms with Crippen molar-refractivity contribution in [1.82, 2.24) is 9.88 Å². The van der Waals surface area contributed by atoms with Crippen LogP contribution in [-0.2, 0) is 0 Å². The van der Waals surface area contributed by atoms with Crippen molar-refractivity contribution in [2.45, 2.75) is 6.42 Å². The zero-order valence-corrected chi connectivity index (χ0v) is 21.5. The second-order valence-corrected chi connectivity index (χ2v) is 8.73. The highest BCUT2D eigenvalue weighted by Crippen LogP contribution is 2.33. The highest BCUT2D eigenvalue weighted by molar-refractivity contribution is 5.99. The van der Waals surface area contributed by atoms with Gasteiger partial charge in [-0.1, -0.05) is 0 Å². The number of amides is 2. The summed E-state index contributed by atoms with van der Waals surface area (Å²) in [7, 11) is 5.60. The number of benzene rings is 3. The first-order chi connectivity index (χ1) is 18.4. The van der Waals surface area contributed by atoms with E-state index in [1.54, 1.807) is 80.0 Å². The molecule has 0 aliphatic rings. The van der Waals surface area contributed by atoms with Gasteiger partial charge in [-0.15, -0.1) is 0 Å². The van der Waals surface area contributed by atoms with Crippen LogP contribution in [0.5, 0.6) is 23.0 Å². The van der Waals surface area contributed by atoms with Crippen molar-refractivity contribution in [2.24, 2.45) is 0 Å². The number of aromatic nitrogens is 1. The molecule has 9 heteroatoms. The van der Waals surface area contributed by atoms with Gasteiger partial charge in [0.1, 0.15) is 29.1 Å². The topological polar surface area (TPSA) is 109 Å². The van der Waals surface area contributed by atoms with Crippen molar-refractivity contribution in [2.75, 3.05) is 45.0 Å². The third-order valence-corrected chi connectivity index (χ3v) is 5.62. The zero-order valence-electron chi connectivity index (χ0n) is 21.5. The Bertz CT molecular complexity index is 1430. The fourth-order valence-corrected chi connectivity index (χ4v) is 3.71. The van der Waals surface area contributed by atoms with Gasteiger partial charge < -0.3 is 29.7 Å². The molecule has 0 bridgehead atoms. The number of nitriles is 1. The van der Waals surface area contributed by atoms with Crippen LogP contribution >= 0.6 is 0 Å². The van der Waals surface area contributed by atoms with Crippen molar-refractivity contribution in [3.63, 3.8) is 0 Å². The van der Waals surface area contributed by atoms with Gasteiger partial charge in [0.15, 0.2) is 0 Å². The minimum atomic E-state index is -0.368. The number of ether oxygens (including phenoxy) is 3. The SMILES string of the molecule is COc1ccc(NC(=O)Nc2ccc(Oc3ccnc4cc(OCCCN(C)C)c(C#N)cc34)cc2)cc1. The summed E-state index contributed by atoms with van der Waals surface area (Å²) in [4.78, 5) is 18.8. The number of nitrogens with zero attached hydrogens (tertiary/aromatic N) is 3. The first kappa shape index (κ1) is 26.3. The normalized spacial score (nSPS) is 10.6. The highest BCUT2D eigenvalue weighted by Gasteiger charge is 2.12. The Hall–Kier alpha value is -4.81. The number of urea groups is 1. The number of methoxy groups -OCH3 is 1. The average Bonchev–Trinajstić information content (AvgIpc) is 2.92. The molecule has 9 nitrogen and oxygen atoms in total. The van der Waals surface area contributed by atoms with Crippen LogP contribution in [-0.4, -0.2) is 50.3 Å². The summed E-state index contributed by atoms with van der Waals surface area (Å²) in [6, 6.07) is 21.1. The lowest BCUT2D eigenvalue weighted by atomic mass is 10.1. The Morgan fingerprint density at radius 2 is 1.61 bits per heavy atom. The van der Waals surface area contributed by atoms with E-state index in [1.807, 2.05) is 14.1 Å². The number of hydrogen-bond donors (Lipinski definition) is 2. The molecule has 0 aliphatic heterocycles. The Morgan fingerprint density at radius 1 is 0.947 bits per heavy atom. The number of carbonyl (C=O) groups excluding carboxylic acids is 1. The Labute approximate surface area is 221 Å². The maximum atomic E-state index is 12.3. The minimum absolute atomic E-state index is 0.368. The van der Waals surface area contributed by atoms with Gasteiger partial charge in [0.25, 0.3) is 0 Å². The summed E-state index contributed by atoms with van der Waals surface area (Å²) in [6.07, 6.45) is 2.50. The van der Waals surface area contributed by atoms with E-state index < -0.39 is 0 Å². The second kappa shape index (κ2) is 12.4. The van der Waals surface area contributed by atoms with Crippen molar-refractivity contribution in [3.8, 4) is 29.1 Å². The van der Waals surface area contributed by atoms with E-state index in [-0.39, 0.29) is 6.03 Å². The van der Waals surface area contributed by atoms with Crippen LogP contribution in [0.2, 0.25) is 0 Å². The maximum Gasteiger partial charge on any atom is 0.323 e. The number of pyridine rings is 1. The van der Waals surface area contributed by atoms with E-state index in [0.29, 0.717) is 57.4 Å². The van der Waals surface area contributed by atoms with Gasteiger partial charge in [0, 0.05) is 35.6 Å². The summed E-state index contributed by atoms with van der Waals surface area (Å²) in [6.45, 7) is 1.40. The monoisotopic (exact) mass is 511 g/mol. The lowest BCUT2D eigenvalue weighted by Gasteiger charge is -2.13. The highest BCUT2D eigenvalue weighted by atomic mass is 16.5. The molecule has 3 aromatic carbocycles. The van der Waals surface area contributed by atoms with E-state index in [0.717, 1.165) is 13.0 Å². The fourth-order valence-electron chi connectivity index (χ4n) is 3.71. The molecule has 2 N–H and O–H groups in total. The first-order valence-corrected chi connectivity index (χ1v) is 12.1. The van der Waals surface area contributed by atoms with Crippen LogP contribution in [0, 0.1) is 11.3 Å². The lowest BCUT2D eigenvalue weighted by molar-refractivity contribution is 0.262. The molecule has 0 saturated heterocycles. The van der Waals surface area contributed by atoms with Gasteiger partial charge in [0.05, 0.1) is 24.8 Å². The second-order valence-electron chi connectivity index (χ2n) is 8.73. The quantitative estimate of drug-likeness (QED) is 0.256. The van der Waals surface area contributed by atoms with Crippen LogP contribution in [0.15, 0.2) is 72.9 Å². The molecule has 4 aromatic rings. The molecule has 0 atom stereocenters. The third kappa shape index (κ3) is 6.90. The van der Waals surface area contributed by atoms with Gasteiger partial charge in [0.2, 0.25) is 0 Å². The first-order valence-electron chi connectivity index (χ1n) is 12.1. The number of nitrogens with one attached hydrogen (secondary N) is 2. The largest absolute Gasteiger partial charge is 0.497 e. The average molecular weight is 512 g/mol. The van der Waals surface area contributed by atoms with Crippen molar-refractivity contribution in [1.29, 1.82) is 5.26 Å². The van der Waals surface area contributed by atoms with E-state index in [2.05, 4.69) is 26.6 Å². The molecule has 0 spiro atoms. The van der Waals surface area contributed by atoms with E-state index in [1.165, 1.54) is 0 Å². The number of hydrogen-bond acceptors (Lipinski definition) is 7. The van der Waals surface area contributed by atoms with Crippen LogP contribution in [0.3, 0.4) is 0 Å². The fraction of sp³-hybridized carbons (Fsp3) is 0.207. The van der Waals surface area contributed by atoms with Gasteiger partial charge in [-0.2, -0.15) is 5.26 Å². The summed E-state index contributed by atoms with van der Waals surface area (Å²) < 4.78 is 17.1. The Morgan fingerprint density at radius 3 is 2.21 bits per heavy atom. The number of rotatable bonds is 10. The molecule has 1 heterocycles. The van der Waals surface area contributed by atoms with E-state index in [9.17, 15) is 10.1 Å². The smallest absolute Gasteiger partial charge is 0.323 e. The molecule has 194 valence electrons. The molecule has 4 rings (SSSR count). The predicted octanol–water partition coefficient (Wildman–Crippen LogP) is 5.88. The molecule has 2 amide bonds. The molecular formula is C29H29N5O4. The van der Waals surface area contributed by atoms with Gasteiger partial charge in [-0.05, 0) is 81.2 Å². The van der Waals surface area contributed by atoms with Crippen LogP contribution in [0.25, 0.3) is 10.9 Å². The molecule has 0 radical (unpaired) electrons. The van der Waals surface area contributed by atoms with Gasteiger partial charge in [-0.25, -0.2) is 4.79 Å². The van der Waals surface area contributed by atoms with Crippen LogP contribution in [0.4, 0.5) is 16.2 Å². The maximum absolute atomic E-state index is 12.3. The summed E-state index contributed by atoms with van der Waals surface area (Å²) in [5.74, 6) is 2.35. The number of fused-ring (bicyclic) bond motifs is 1. The Balaban J connectivity index is 1.42. The van der Waals surface area contributed by atoms with Crippen molar-refractivity contribution >= 4 is 28.3 Å². The molecule has 0 aliphatic carbocycles. The molecular weight excluding hydrogens is 482 g/mol. The minimum Gasteiger partial charge on any atom is -0.497 e. The standard InChI is InChI=1S/C29H29N5O4/c1-34(2)15-4-16-37-28-18-26-25(17-20(28)19-30)27(13-14-31-26)38-24-11-7-22(8-12-24)33-29(35)32-21-5-9-23(36-3)10-6-21/h5-14,17-18H,4,15-16H2,1-3H3,(H2,32,33,35). The van der Waals surface area contributed by atoms with Crippen LogP contribution < -0.4 is 24.8 Å². The lowest BCUT2D eigenvalue weighted by Crippen LogP contribution is -2.19. The van der Waals surface area contributed by atoms with Crippen molar-refractivity contribution < 1.29 is 19.0 Å². The summed E-state index contributed by atoms with van der Waals surface area (Å²) >= 11 is 0. The predicted molar refractivity (Wildman–Crippen MR) is 147 cm³/mol. The zero-order chi connectivity index (χ0) is 26.9. The summed E-state index contributed by atoms with van der Waals surface area (Å²) in [5, 5.41) is 15.9. The molecule has 0 unspecified atom stereocenters. The van der Waals surface area contributed by atoms with Crippen molar-refractivity contribution in [3.05, 3.63) is 78.5 Å². The van der Waals surface area contributed by atoms with Gasteiger partial charge >= 0.3 is 6.03 Å². The summed E-state index contributed by atoms with van der Waals surface area (Å²) in [5.41, 5.74) is 2.33. The third-order valence-electron chi connectivity index (χ3n) is 5.62. The Kier molecular flexibility index (Phi) is 8.59. The van der Waals surface area contributed by atoms with Gasteiger partial charge in [-0.3, -0.25) is 4.98 Å². The molecule has 0 saturated carbocycles. The van der Waals surface area contributed by atoms with E-state index >= 15 is 0 Å². The molecule has 38 heavy (non-hydrogen) atoms. The molecule has 0 fully saturated rings. The van der Waals surface area contributed by atoms with Crippen LogP contribution in [0.1, 0.15) is 12.0 Å². The number of anilines is 2. The van der Waals surface area contributed by atoms with E-state index in [4.69, 9.17) is 14.2 Å². The molecule has 1 aromatic heterocycles.